The number of hydrogen-bond acceptors (Lipinski definition) is 3. The summed E-state index contributed by atoms with van der Waals surface area (Å²) in [6, 6.07) is 1.95. The summed E-state index contributed by atoms with van der Waals surface area (Å²) in [4.78, 5) is 2.20. The van der Waals surface area contributed by atoms with Crippen molar-refractivity contribution in [1.82, 2.24) is 4.90 Å². The molecule has 2 rings (SSSR count). The van der Waals surface area contributed by atoms with Gasteiger partial charge in [-0.25, -0.2) is 4.39 Å². The van der Waals surface area contributed by atoms with E-state index in [0.29, 0.717) is 13.2 Å². The largest absolute Gasteiger partial charge is 0.468 e. The zero-order valence-electron chi connectivity index (χ0n) is 9.62. The molecule has 1 aromatic rings. The van der Waals surface area contributed by atoms with Crippen molar-refractivity contribution >= 4 is 0 Å². The summed E-state index contributed by atoms with van der Waals surface area (Å²) in [6.07, 6.45) is 2.37. The molecule has 0 aromatic carbocycles. The average molecular weight is 227 g/mol. The fraction of sp³-hybridized carbons (Fsp3) is 0.667. The quantitative estimate of drug-likeness (QED) is 0.791. The molecule has 0 N–H and O–H groups in total. The van der Waals surface area contributed by atoms with E-state index < -0.39 is 6.67 Å². The molecule has 0 bridgehead atoms. The normalized spacial score (nSPS) is 23.2. The fourth-order valence-corrected chi connectivity index (χ4v) is 1.98. The lowest BCUT2D eigenvalue weighted by molar-refractivity contribution is 0.0352. The van der Waals surface area contributed by atoms with Crippen molar-refractivity contribution in [2.24, 2.45) is 0 Å². The fourth-order valence-electron chi connectivity index (χ4n) is 1.98. The second-order valence-electron chi connectivity index (χ2n) is 4.26. The molecule has 0 saturated carbocycles. The summed E-state index contributed by atoms with van der Waals surface area (Å²) in [5, 5.41) is 0. The van der Waals surface area contributed by atoms with Gasteiger partial charge in [0.05, 0.1) is 18.9 Å². The first kappa shape index (κ1) is 11.6. The van der Waals surface area contributed by atoms with E-state index in [0.717, 1.165) is 30.8 Å². The summed E-state index contributed by atoms with van der Waals surface area (Å²) >= 11 is 0. The minimum atomic E-state index is -0.409. The molecule has 16 heavy (non-hydrogen) atoms. The third-order valence-electron chi connectivity index (χ3n) is 2.94. The van der Waals surface area contributed by atoms with Crippen LogP contribution in [0.25, 0.3) is 0 Å². The van der Waals surface area contributed by atoms with Gasteiger partial charge in [-0.3, -0.25) is 4.90 Å². The van der Waals surface area contributed by atoms with Gasteiger partial charge in [0.1, 0.15) is 12.4 Å². The lowest BCUT2D eigenvalue weighted by Gasteiger charge is -2.21. The van der Waals surface area contributed by atoms with Gasteiger partial charge in [-0.2, -0.15) is 0 Å². The molecule has 4 heteroatoms. The molecule has 3 nitrogen and oxygen atoms in total. The van der Waals surface area contributed by atoms with Crippen molar-refractivity contribution in [2.45, 2.75) is 26.0 Å². The Morgan fingerprint density at radius 1 is 1.56 bits per heavy atom. The van der Waals surface area contributed by atoms with Crippen molar-refractivity contribution < 1.29 is 13.5 Å². The van der Waals surface area contributed by atoms with Crippen molar-refractivity contribution in [1.29, 1.82) is 0 Å². The average Bonchev–Trinajstić information content (AvgIpc) is 2.55. The number of nitrogens with zero attached hydrogens (tertiary/aromatic N) is 1. The van der Waals surface area contributed by atoms with Crippen LogP contribution in [0.2, 0.25) is 0 Å². The van der Waals surface area contributed by atoms with Gasteiger partial charge in [0.2, 0.25) is 0 Å². The van der Waals surface area contributed by atoms with Gasteiger partial charge < -0.3 is 9.15 Å². The third-order valence-corrected chi connectivity index (χ3v) is 2.94. The molecule has 1 atom stereocenters. The number of rotatable bonds is 3. The second kappa shape index (κ2) is 5.46. The Hall–Kier alpha value is -0.870. The number of hydrogen-bond donors (Lipinski definition) is 0. The predicted molar refractivity (Wildman–Crippen MR) is 59.1 cm³/mol. The van der Waals surface area contributed by atoms with Gasteiger partial charge in [0, 0.05) is 19.7 Å². The Morgan fingerprint density at radius 2 is 2.44 bits per heavy atom. The SMILES string of the molecule is Cc1ccoc1CN1CCCO[C@H](CF)C1. The van der Waals surface area contributed by atoms with Crippen LogP contribution in [0.5, 0.6) is 0 Å². The molecule has 0 unspecified atom stereocenters. The first-order valence-corrected chi connectivity index (χ1v) is 5.72. The summed E-state index contributed by atoms with van der Waals surface area (Å²) < 4.78 is 23.4. The number of ether oxygens (including phenoxy) is 1. The Balaban J connectivity index is 1.95. The van der Waals surface area contributed by atoms with Crippen molar-refractivity contribution in [3.63, 3.8) is 0 Å². The topological polar surface area (TPSA) is 25.6 Å². The van der Waals surface area contributed by atoms with Crippen LogP contribution in [-0.2, 0) is 11.3 Å². The highest BCUT2D eigenvalue weighted by molar-refractivity contribution is 5.14. The van der Waals surface area contributed by atoms with E-state index in [1.54, 1.807) is 6.26 Å². The van der Waals surface area contributed by atoms with Crippen LogP contribution in [0.15, 0.2) is 16.7 Å². The Labute approximate surface area is 95.2 Å². The molecule has 1 saturated heterocycles. The Morgan fingerprint density at radius 3 is 3.12 bits per heavy atom. The minimum Gasteiger partial charge on any atom is -0.468 e. The highest BCUT2D eigenvalue weighted by atomic mass is 19.1. The standard InChI is InChI=1S/C12H18FNO2/c1-10-3-6-16-12(10)9-14-4-2-5-15-11(7-13)8-14/h3,6,11H,2,4-5,7-9H2,1H3/t11-/m1/s1. The number of halogens is 1. The van der Waals surface area contributed by atoms with E-state index in [1.807, 2.05) is 13.0 Å². The Kier molecular flexibility index (Phi) is 3.96. The lowest BCUT2D eigenvalue weighted by Crippen LogP contribution is -2.32. The van der Waals surface area contributed by atoms with E-state index in [9.17, 15) is 4.39 Å². The van der Waals surface area contributed by atoms with Gasteiger partial charge >= 0.3 is 0 Å². The minimum absolute atomic E-state index is 0.280. The van der Waals surface area contributed by atoms with Crippen molar-refractivity contribution in [3.05, 3.63) is 23.7 Å². The first-order valence-electron chi connectivity index (χ1n) is 5.72. The molecule has 0 aliphatic carbocycles. The van der Waals surface area contributed by atoms with Gasteiger partial charge in [-0.1, -0.05) is 0 Å². The summed E-state index contributed by atoms with van der Waals surface area (Å²) in [6.45, 7) is 4.61. The molecular formula is C12H18FNO2. The smallest absolute Gasteiger partial charge is 0.120 e. The van der Waals surface area contributed by atoms with Crippen LogP contribution in [0, 0.1) is 6.92 Å². The number of aryl methyl sites for hydroxylation is 1. The van der Waals surface area contributed by atoms with E-state index in [2.05, 4.69) is 4.90 Å². The third kappa shape index (κ3) is 2.83. The molecule has 1 aromatic heterocycles. The molecule has 1 aliphatic heterocycles. The maximum absolute atomic E-state index is 12.6. The molecule has 1 aliphatic rings. The monoisotopic (exact) mass is 227 g/mol. The lowest BCUT2D eigenvalue weighted by atomic mass is 10.2. The van der Waals surface area contributed by atoms with Crippen molar-refractivity contribution in [3.8, 4) is 0 Å². The van der Waals surface area contributed by atoms with Crippen LogP contribution in [-0.4, -0.2) is 37.4 Å². The molecular weight excluding hydrogens is 209 g/mol. The molecule has 0 amide bonds. The highest BCUT2D eigenvalue weighted by Crippen LogP contribution is 2.14. The number of alkyl halides is 1. The van der Waals surface area contributed by atoms with Gasteiger partial charge in [-0.15, -0.1) is 0 Å². The predicted octanol–water partition coefficient (Wildman–Crippen LogP) is 2.15. The highest BCUT2D eigenvalue weighted by Gasteiger charge is 2.19. The van der Waals surface area contributed by atoms with Crippen LogP contribution < -0.4 is 0 Å². The van der Waals surface area contributed by atoms with Crippen LogP contribution >= 0.6 is 0 Å². The molecule has 0 radical (unpaired) electrons. The van der Waals surface area contributed by atoms with E-state index in [-0.39, 0.29) is 6.10 Å². The van der Waals surface area contributed by atoms with E-state index >= 15 is 0 Å². The van der Waals surface area contributed by atoms with Gasteiger partial charge in [0.25, 0.3) is 0 Å². The van der Waals surface area contributed by atoms with E-state index in [4.69, 9.17) is 9.15 Å². The summed E-state index contributed by atoms with van der Waals surface area (Å²) in [5.41, 5.74) is 1.15. The van der Waals surface area contributed by atoms with Crippen LogP contribution in [0.1, 0.15) is 17.7 Å². The molecule has 90 valence electrons. The van der Waals surface area contributed by atoms with Crippen molar-refractivity contribution in [2.75, 3.05) is 26.4 Å². The number of furan rings is 1. The maximum Gasteiger partial charge on any atom is 0.120 e. The van der Waals surface area contributed by atoms with Crippen LogP contribution in [0.3, 0.4) is 0 Å². The Bertz CT molecular complexity index is 327. The maximum atomic E-state index is 12.6. The first-order chi connectivity index (χ1) is 7.79. The van der Waals surface area contributed by atoms with Gasteiger partial charge in [-0.05, 0) is 25.0 Å². The molecule has 1 fully saturated rings. The zero-order chi connectivity index (χ0) is 11.4. The molecule has 0 spiro atoms. The second-order valence-corrected chi connectivity index (χ2v) is 4.26. The summed E-state index contributed by atoms with van der Waals surface area (Å²) in [5.74, 6) is 0.972. The van der Waals surface area contributed by atoms with Crippen LogP contribution in [0.4, 0.5) is 4.39 Å². The van der Waals surface area contributed by atoms with Gasteiger partial charge in [0.15, 0.2) is 0 Å². The zero-order valence-corrected chi connectivity index (χ0v) is 9.62. The summed E-state index contributed by atoms with van der Waals surface area (Å²) in [7, 11) is 0. The molecule has 2 heterocycles. The van der Waals surface area contributed by atoms with E-state index in [1.165, 1.54) is 0 Å².